The molecule has 2 rings (SSSR count). The minimum absolute atomic E-state index is 0.0329. The number of nitrogens with one attached hydrogen (secondary N) is 1. The predicted octanol–water partition coefficient (Wildman–Crippen LogP) is 4.10. The summed E-state index contributed by atoms with van der Waals surface area (Å²) in [5.41, 5.74) is 4.02. The molecule has 0 spiro atoms. The Labute approximate surface area is 210 Å². The minimum Gasteiger partial charge on any atom is -0.352 e. The highest BCUT2D eigenvalue weighted by atomic mass is 32.2. The van der Waals surface area contributed by atoms with Crippen LogP contribution in [0.15, 0.2) is 42.5 Å². The Kier molecular flexibility index (Phi) is 9.89. The molecule has 2 aromatic rings. The highest BCUT2D eigenvalue weighted by Crippen LogP contribution is 2.25. The molecule has 0 aliphatic heterocycles. The molecule has 2 amide bonds. The number of carbonyl (C=O) groups excluding carboxylic acids is 2. The molecule has 2 aromatic carbocycles. The monoisotopic (exact) mass is 501 g/mol. The first-order valence-electron chi connectivity index (χ1n) is 12.1. The van der Waals surface area contributed by atoms with Crippen molar-refractivity contribution < 1.29 is 18.0 Å². The molecule has 0 aromatic heterocycles. The van der Waals surface area contributed by atoms with E-state index < -0.39 is 22.0 Å². The first-order valence-corrected chi connectivity index (χ1v) is 13.9. The third-order valence-electron chi connectivity index (χ3n) is 6.30. The number of amides is 2. The number of hydrogen-bond donors (Lipinski definition) is 1. The summed E-state index contributed by atoms with van der Waals surface area (Å²) in [6, 6.07) is 12.4. The molecule has 0 bridgehead atoms. The summed E-state index contributed by atoms with van der Waals surface area (Å²) in [4.78, 5) is 28.5. The molecule has 0 unspecified atom stereocenters. The van der Waals surface area contributed by atoms with Crippen molar-refractivity contribution in [2.24, 2.45) is 0 Å². The standard InChI is InChI=1S/C27H39N3O4S/c1-8-22(6)28-27(32)24(9-2)29(17-23-13-11-10-12-20(23)4)26(31)18-30(35(7,33)34)25-16-19(3)14-15-21(25)5/h10-16,22,24H,8-9,17-18H2,1-7H3,(H,28,32)/t22-,24+/m1/s1. The fourth-order valence-electron chi connectivity index (χ4n) is 3.91. The normalized spacial score (nSPS) is 13.1. The van der Waals surface area contributed by atoms with E-state index in [-0.39, 0.29) is 25.0 Å². The first-order chi connectivity index (χ1) is 16.4. The highest BCUT2D eigenvalue weighted by molar-refractivity contribution is 7.92. The van der Waals surface area contributed by atoms with E-state index in [0.29, 0.717) is 12.1 Å². The van der Waals surface area contributed by atoms with Gasteiger partial charge < -0.3 is 10.2 Å². The van der Waals surface area contributed by atoms with E-state index in [1.165, 1.54) is 4.90 Å². The minimum atomic E-state index is -3.76. The van der Waals surface area contributed by atoms with E-state index in [1.807, 2.05) is 77.9 Å². The average Bonchev–Trinajstić information content (AvgIpc) is 2.79. The zero-order valence-corrected chi connectivity index (χ0v) is 22.8. The van der Waals surface area contributed by atoms with Crippen LogP contribution < -0.4 is 9.62 Å². The fraction of sp³-hybridized carbons (Fsp3) is 0.481. The van der Waals surface area contributed by atoms with Gasteiger partial charge in [-0.1, -0.05) is 50.2 Å². The lowest BCUT2D eigenvalue weighted by atomic mass is 10.1. The van der Waals surface area contributed by atoms with Gasteiger partial charge in [-0.15, -0.1) is 0 Å². The second-order valence-electron chi connectivity index (χ2n) is 9.25. The van der Waals surface area contributed by atoms with E-state index in [4.69, 9.17) is 0 Å². The zero-order chi connectivity index (χ0) is 26.3. The molecule has 0 saturated carbocycles. The van der Waals surface area contributed by atoms with Crippen LogP contribution in [-0.2, 0) is 26.2 Å². The number of benzene rings is 2. The number of nitrogens with zero attached hydrogens (tertiary/aromatic N) is 2. The van der Waals surface area contributed by atoms with Crippen molar-refractivity contribution in [3.8, 4) is 0 Å². The summed E-state index contributed by atoms with van der Waals surface area (Å²) in [6.45, 7) is 11.2. The van der Waals surface area contributed by atoms with Crippen LogP contribution >= 0.6 is 0 Å². The summed E-state index contributed by atoms with van der Waals surface area (Å²) >= 11 is 0. The summed E-state index contributed by atoms with van der Waals surface area (Å²) in [7, 11) is -3.76. The van der Waals surface area contributed by atoms with E-state index >= 15 is 0 Å². The molecule has 0 heterocycles. The van der Waals surface area contributed by atoms with Crippen LogP contribution in [0.4, 0.5) is 5.69 Å². The van der Waals surface area contributed by atoms with E-state index in [1.54, 1.807) is 6.07 Å². The van der Waals surface area contributed by atoms with Gasteiger partial charge in [0.2, 0.25) is 21.8 Å². The summed E-state index contributed by atoms with van der Waals surface area (Å²) in [5.74, 6) is -0.660. The van der Waals surface area contributed by atoms with Crippen LogP contribution in [0.25, 0.3) is 0 Å². The quantitative estimate of drug-likeness (QED) is 0.502. The Morgan fingerprint density at radius 2 is 1.63 bits per heavy atom. The van der Waals surface area contributed by atoms with Gasteiger partial charge in [-0.25, -0.2) is 8.42 Å². The molecule has 192 valence electrons. The predicted molar refractivity (Wildman–Crippen MR) is 142 cm³/mol. The van der Waals surface area contributed by atoms with Crippen LogP contribution in [0.3, 0.4) is 0 Å². The van der Waals surface area contributed by atoms with Crippen LogP contribution in [0, 0.1) is 20.8 Å². The van der Waals surface area contributed by atoms with Gasteiger partial charge in [0.15, 0.2) is 0 Å². The topological polar surface area (TPSA) is 86.8 Å². The molecule has 7 nitrogen and oxygen atoms in total. The number of sulfonamides is 1. The van der Waals surface area contributed by atoms with Gasteiger partial charge in [0.05, 0.1) is 11.9 Å². The maximum absolute atomic E-state index is 13.8. The molecule has 2 atom stereocenters. The SMILES string of the molecule is CC[C@@H](C)NC(=O)[C@H](CC)N(Cc1ccccc1C)C(=O)CN(c1cc(C)ccc1C)S(C)(=O)=O. The lowest BCUT2D eigenvalue weighted by Crippen LogP contribution is -2.53. The van der Waals surface area contributed by atoms with Crippen LogP contribution in [0.1, 0.15) is 55.9 Å². The smallest absolute Gasteiger partial charge is 0.244 e. The van der Waals surface area contributed by atoms with Crippen molar-refractivity contribution in [1.29, 1.82) is 0 Å². The van der Waals surface area contributed by atoms with Gasteiger partial charge in [-0.05, 0) is 68.9 Å². The van der Waals surface area contributed by atoms with E-state index in [9.17, 15) is 18.0 Å². The molecule has 8 heteroatoms. The molecule has 0 radical (unpaired) electrons. The maximum atomic E-state index is 13.8. The second kappa shape index (κ2) is 12.2. The highest BCUT2D eigenvalue weighted by Gasteiger charge is 2.32. The molecule has 1 N–H and O–H groups in total. The van der Waals surface area contributed by atoms with Crippen molar-refractivity contribution in [3.63, 3.8) is 0 Å². The Morgan fingerprint density at radius 1 is 0.971 bits per heavy atom. The fourth-order valence-corrected chi connectivity index (χ4v) is 4.81. The largest absolute Gasteiger partial charge is 0.352 e. The number of rotatable bonds is 11. The maximum Gasteiger partial charge on any atom is 0.244 e. The average molecular weight is 502 g/mol. The van der Waals surface area contributed by atoms with Gasteiger partial charge in [0, 0.05) is 12.6 Å². The van der Waals surface area contributed by atoms with Crippen molar-refractivity contribution >= 4 is 27.5 Å². The summed E-state index contributed by atoms with van der Waals surface area (Å²) < 4.78 is 26.7. The van der Waals surface area contributed by atoms with Crippen molar-refractivity contribution in [3.05, 3.63) is 64.7 Å². The van der Waals surface area contributed by atoms with Crippen molar-refractivity contribution in [2.45, 2.75) is 73.0 Å². The van der Waals surface area contributed by atoms with Crippen LogP contribution in [0.5, 0.6) is 0 Å². The first kappa shape index (κ1) is 28.4. The molecule has 0 aliphatic carbocycles. The summed E-state index contributed by atoms with van der Waals surface area (Å²) in [5, 5.41) is 2.98. The number of carbonyl (C=O) groups is 2. The van der Waals surface area contributed by atoms with Gasteiger partial charge in [0.25, 0.3) is 0 Å². The Hall–Kier alpha value is -2.87. The van der Waals surface area contributed by atoms with Gasteiger partial charge in [-0.3, -0.25) is 13.9 Å². The number of anilines is 1. The molecular weight excluding hydrogens is 462 g/mol. The van der Waals surface area contributed by atoms with E-state index in [0.717, 1.165) is 39.2 Å². The summed E-state index contributed by atoms with van der Waals surface area (Å²) in [6.07, 6.45) is 2.27. The third-order valence-corrected chi connectivity index (χ3v) is 7.43. The van der Waals surface area contributed by atoms with Gasteiger partial charge >= 0.3 is 0 Å². The molecule has 0 saturated heterocycles. The molecule has 35 heavy (non-hydrogen) atoms. The lowest BCUT2D eigenvalue weighted by molar-refractivity contribution is -0.140. The molecular formula is C27H39N3O4S. The van der Waals surface area contributed by atoms with Gasteiger partial charge in [0.1, 0.15) is 12.6 Å². The van der Waals surface area contributed by atoms with E-state index in [2.05, 4.69) is 5.32 Å². The Bertz CT molecular complexity index is 1150. The number of aryl methyl sites for hydroxylation is 3. The van der Waals surface area contributed by atoms with Gasteiger partial charge in [-0.2, -0.15) is 0 Å². The van der Waals surface area contributed by atoms with Crippen LogP contribution in [-0.4, -0.2) is 50.0 Å². The van der Waals surface area contributed by atoms with Crippen molar-refractivity contribution in [2.75, 3.05) is 17.1 Å². The Balaban J connectivity index is 2.50. The molecule has 0 fully saturated rings. The third kappa shape index (κ3) is 7.56. The Morgan fingerprint density at radius 3 is 2.20 bits per heavy atom. The zero-order valence-electron chi connectivity index (χ0n) is 22.0. The van der Waals surface area contributed by atoms with Crippen molar-refractivity contribution in [1.82, 2.24) is 10.2 Å². The number of hydrogen-bond acceptors (Lipinski definition) is 4. The lowest BCUT2D eigenvalue weighted by Gasteiger charge is -2.34. The van der Waals surface area contributed by atoms with Crippen LogP contribution in [0.2, 0.25) is 0 Å². The second-order valence-corrected chi connectivity index (χ2v) is 11.2. The molecule has 0 aliphatic rings.